The van der Waals surface area contributed by atoms with Crippen LogP contribution in [0.25, 0.3) is 0 Å². The Balaban J connectivity index is 2.00. The van der Waals surface area contributed by atoms with E-state index in [2.05, 4.69) is 0 Å². The van der Waals surface area contributed by atoms with E-state index in [1.165, 1.54) is 6.07 Å². The van der Waals surface area contributed by atoms with Crippen molar-refractivity contribution in [3.8, 4) is 5.75 Å². The molecule has 0 fully saturated rings. The Morgan fingerprint density at radius 1 is 1.21 bits per heavy atom. The molecule has 0 bridgehead atoms. The van der Waals surface area contributed by atoms with Crippen molar-refractivity contribution in [1.82, 2.24) is 4.57 Å². The number of benzene rings is 1. The maximum Gasteiger partial charge on any atom is 0.250 e. The standard InChI is InChI=1S/C15H18N2O2/c1-12(16)13-6-2-3-7-14(13)19-11-10-17-9-5-4-8-15(17)18/h2-9,12H,10-11,16H2,1H3/t12-/m0/s1. The van der Waals surface area contributed by atoms with Gasteiger partial charge in [0.1, 0.15) is 12.4 Å². The fourth-order valence-corrected chi connectivity index (χ4v) is 1.89. The lowest BCUT2D eigenvalue weighted by Gasteiger charge is -2.14. The highest BCUT2D eigenvalue weighted by atomic mass is 16.5. The maximum atomic E-state index is 11.5. The molecule has 0 spiro atoms. The summed E-state index contributed by atoms with van der Waals surface area (Å²) in [7, 11) is 0. The molecule has 0 amide bonds. The molecule has 2 rings (SSSR count). The van der Waals surface area contributed by atoms with E-state index in [1.54, 1.807) is 16.8 Å². The van der Waals surface area contributed by atoms with Crippen molar-refractivity contribution in [1.29, 1.82) is 0 Å². The summed E-state index contributed by atoms with van der Waals surface area (Å²) in [6.07, 6.45) is 1.75. The van der Waals surface area contributed by atoms with Gasteiger partial charge < -0.3 is 15.0 Å². The first-order valence-electron chi connectivity index (χ1n) is 6.31. The normalized spacial score (nSPS) is 12.1. The van der Waals surface area contributed by atoms with Crippen LogP contribution < -0.4 is 16.0 Å². The van der Waals surface area contributed by atoms with Crippen molar-refractivity contribution >= 4 is 0 Å². The Labute approximate surface area is 112 Å². The van der Waals surface area contributed by atoms with Gasteiger partial charge in [0.2, 0.25) is 0 Å². The first-order chi connectivity index (χ1) is 9.18. The molecular formula is C15H18N2O2. The monoisotopic (exact) mass is 258 g/mol. The van der Waals surface area contributed by atoms with Gasteiger partial charge in [-0.2, -0.15) is 0 Å². The van der Waals surface area contributed by atoms with Crippen LogP contribution in [0.3, 0.4) is 0 Å². The van der Waals surface area contributed by atoms with Gasteiger partial charge in [-0.3, -0.25) is 4.79 Å². The Morgan fingerprint density at radius 3 is 2.68 bits per heavy atom. The summed E-state index contributed by atoms with van der Waals surface area (Å²) in [5.74, 6) is 0.779. The van der Waals surface area contributed by atoms with E-state index in [4.69, 9.17) is 10.5 Å². The summed E-state index contributed by atoms with van der Waals surface area (Å²) in [5.41, 5.74) is 6.84. The second kappa shape index (κ2) is 6.20. The van der Waals surface area contributed by atoms with Gasteiger partial charge in [-0.15, -0.1) is 0 Å². The number of hydrogen-bond acceptors (Lipinski definition) is 3. The van der Waals surface area contributed by atoms with Gasteiger partial charge in [0.25, 0.3) is 5.56 Å². The van der Waals surface area contributed by atoms with Gasteiger partial charge in [0.15, 0.2) is 0 Å². The van der Waals surface area contributed by atoms with Crippen LogP contribution in [0.5, 0.6) is 5.75 Å². The molecule has 0 aliphatic heterocycles. The molecule has 19 heavy (non-hydrogen) atoms. The average Bonchev–Trinajstić information content (AvgIpc) is 2.41. The minimum atomic E-state index is -0.0735. The van der Waals surface area contributed by atoms with Crippen LogP contribution in [0.15, 0.2) is 53.5 Å². The molecule has 0 aliphatic rings. The van der Waals surface area contributed by atoms with E-state index in [0.717, 1.165) is 11.3 Å². The van der Waals surface area contributed by atoms with Crippen molar-refractivity contribution in [2.24, 2.45) is 5.73 Å². The number of rotatable bonds is 5. The second-order valence-electron chi connectivity index (χ2n) is 4.41. The quantitative estimate of drug-likeness (QED) is 0.891. The van der Waals surface area contributed by atoms with E-state index in [-0.39, 0.29) is 11.6 Å². The Morgan fingerprint density at radius 2 is 1.95 bits per heavy atom. The highest BCUT2D eigenvalue weighted by Gasteiger charge is 2.06. The van der Waals surface area contributed by atoms with Crippen molar-refractivity contribution < 1.29 is 4.74 Å². The summed E-state index contributed by atoms with van der Waals surface area (Å²) in [5, 5.41) is 0. The Bertz CT molecular complexity index is 590. The van der Waals surface area contributed by atoms with Gasteiger partial charge in [-0.25, -0.2) is 0 Å². The molecule has 1 aromatic heterocycles. The number of ether oxygens (including phenoxy) is 1. The summed E-state index contributed by atoms with van der Waals surface area (Å²) in [4.78, 5) is 11.5. The van der Waals surface area contributed by atoms with Crippen LogP contribution in [0.1, 0.15) is 18.5 Å². The van der Waals surface area contributed by atoms with E-state index < -0.39 is 0 Å². The first-order valence-corrected chi connectivity index (χ1v) is 6.31. The van der Waals surface area contributed by atoms with Gasteiger partial charge in [-0.1, -0.05) is 24.3 Å². The Hall–Kier alpha value is -2.07. The zero-order valence-electron chi connectivity index (χ0n) is 11.0. The average molecular weight is 258 g/mol. The summed E-state index contributed by atoms with van der Waals surface area (Å²) in [6, 6.07) is 12.7. The van der Waals surface area contributed by atoms with Crippen LogP contribution in [-0.2, 0) is 6.54 Å². The predicted octanol–water partition coefficient (Wildman–Crippen LogP) is 1.95. The third-order valence-electron chi connectivity index (χ3n) is 2.90. The van der Waals surface area contributed by atoms with Gasteiger partial charge >= 0.3 is 0 Å². The van der Waals surface area contributed by atoms with Crippen molar-refractivity contribution in [3.63, 3.8) is 0 Å². The topological polar surface area (TPSA) is 57.2 Å². The molecular weight excluding hydrogens is 240 g/mol. The minimum Gasteiger partial charge on any atom is -0.491 e. The first kappa shape index (κ1) is 13.4. The summed E-state index contributed by atoms with van der Waals surface area (Å²) in [6.45, 7) is 2.88. The van der Waals surface area contributed by atoms with Crippen LogP contribution in [0.4, 0.5) is 0 Å². The van der Waals surface area contributed by atoms with Crippen molar-refractivity contribution in [2.45, 2.75) is 19.5 Å². The number of nitrogens with two attached hydrogens (primary N) is 1. The molecule has 4 nitrogen and oxygen atoms in total. The van der Waals surface area contributed by atoms with E-state index >= 15 is 0 Å². The van der Waals surface area contributed by atoms with E-state index in [1.807, 2.05) is 37.3 Å². The lowest BCUT2D eigenvalue weighted by Crippen LogP contribution is -2.21. The van der Waals surface area contributed by atoms with Gasteiger partial charge in [-0.05, 0) is 19.1 Å². The second-order valence-corrected chi connectivity index (χ2v) is 4.41. The predicted molar refractivity (Wildman–Crippen MR) is 75.2 cm³/mol. The number of nitrogens with zero attached hydrogens (tertiary/aromatic N) is 1. The Kier molecular flexibility index (Phi) is 4.36. The van der Waals surface area contributed by atoms with E-state index in [0.29, 0.717) is 13.2 Å². The molecule has 0 saturated heterocycles. The third-order valence-corrected chi connectivity index (χ3v) is 2.90. The number of aromatic nitrogens is 1. The molecule has 1 atom stereocenters. The summed E-state index contributed by atoms with van der Waals surface area (Å²) >= 11 is 0. The maximum absolute atomic E-state index is 11.5. The smallest absolute Gasteiger partial charge is 0.250 e. The highest BCUT2D eigenvalue weighted by molar-refractivity contribution is 5.35. The van der Waals surface area contributed by atoms with Gasteiger partial charge in [0.05, 0.1) is 6.54 Å². The molecule has 4 heteroatoms. The SMILES string of the molecule is C[C@H](N)c1ccccc1OCCn1ccccc1=O. The largest absolute Gasteiger partial charge is 0.491 e. The number of para-hydroxylation sites is 1. The number of pyridine rings is 1. The van der Waals surface area contributed by atoms with Crippen LogP contribution in [0, 0.1) is 0 Å². The lowest BCUT2D eigenvalue weighted by molar-refractivity contribution is 0.292. The molecule has 1 heterocycles. The van der Waals surface area contributed by atoms with Crippen molar-refractivity contribution in [2.75, 3.05) is 6.61 Å². The third kappa shape index (κ3) is 3.45. The number of hydrogen-bond donors (Lipinski definition) is 1. The molecule has 0 saturated carbocycles. The molecule has 2 aromatic rings. The van der Waals surface area contributed by atoms with Crippen LogP contribution >= 0.6 is 0 Å². The zero-order chi connectivity index (χ0) is 13.7. The molecule has 0 aliphatic carbocycles. The molecule has 1 aromatic carbocycles. The fraction of sp³-hybridized carbons (Fsp3) is 0.267. The van der Waals surface area contributed by atoms with Gasteiger partial charge in [0, 0.05) is 23.9 Å². The van der Waals surface area contributed by atoms with Crippen molar-refractivity contribution in [3.05, 3.63) is 64.6 Å². The molecule has 2 N–H and O–H groups in total. The van der Waals surface area contributed by atoms with E-state index in [9.17, 15) is 4.79 Å². The highest BCUT2D eigenvalue weighted by Crippen LogP contribution is 2.22. The van der Waals surface area contributed by atoms with Crippen LogP contribution in [-0.4, -0.2) is 11.2 Å². The molecule has 0 unspecified atom stereocenters. The zero-order valence-corrected chi connectivity index (χ0v) is 11.0. The molecule has 100 valence electrons. The van der Waals surface area contributed by atoms with Crippen LogP contribution in [0.2, 0.25) is 0 Å². The summed E-state index contributed by atoms with van der Waals surface area (Å²) < 4.78 is 7.34. The lowest BCUT2D eigenvalue weighted by atomic mass is 10.1. The minimum absolute atomic E-state index is 0.0217. The fourth-order valence-electron chi connectivity index (χ4n) is 1.89. The molecule has 0 radical (unpaired) electrons.